The monoisotopic (exact) mass is 278 g/mol. The lowest BCUT2D eigenvalue weighted by Gasteiger charge is -2.34. The standard InChI is InChI=1S/C16H30N4/c1-8-9-12-13(17-7)18-11-19-14(12)20-16(5,6)10-15(2,3)4/h11H,8-10H2,1-7H3,(H2,17,18,19,20). The zero-order valence-electron chi connectivity index (χ0n) is 14.1. The van der Waals surface area contributed by atoms with E-state index in [9.17, 15) is 0 Å². The van der Waals surface area contributed by atoms with Gasteiger partial charge in [0.25, 0.3) is 0 Å². The summed E-state index contributed by atoms with van der Waals surface area (Å²) in [5.74, 6) is 1.89. The van der Waals surface area contributed by atoms with Gasteiger partial charge < -0.3 is 10.6 Å². The van der Waals surface area contributed by atoms with Crippen LogP contribution in [-0.4, -0.2) is 22.6 Å². The normalized spacial score (nSPS) is 12.3. The maximum absolute atomic E-state index is 4.46. The molecule has 0 radical (unpaired) electrons. The molecular weight excluding hydrogens is 248 g/mol. The van der Waals surface area contributed by atoms with Crippen LogP contribution in [0.3, 0.4) is 0 Å². The van der Waals surface area contributed by atoms with Gasteiger partial charge in [-0.05, 0) is 32.1 Å². The van der Waals surface area contributed by atoms with Crippen LogP contribution in [0.2, 0.25) is 0 Å². The van der Waals surface area contributed by atoms with Gasteiger partial charge in [0.2, 0.25) is 0 Å². The van der Waals surface area contributed by atoms with Crippen LogP contribution in [0, 0.1) is 5.41 Å². The summed E-state index contributed by atoms with van der Waals surface area (Å²) in [5, 5.41) is 6.78. The molecule has 4 heteroatoms. The Bertz CT molecular complexity index is 433. The number of nitrogens with one attached hydrogen (secondary N) is 2. The molecule has 0 saturated carbocycles. The Kier molecular flexibility index (Phi) is 5.37. The van der Waals surface area contributed by atoms with E-state index in [0.717, 1.165) is 30.9 Å². The number of aromatic nitrogens is 2. The Hall–Kier alpha value is -1.32. The van der Waals surface area contributed by atoms with Gasteiger partial charge >= 0.3 is 0 Å². The highest BCUT2D eigenvalue weighted by Gasteiger charge is 2.26. The van der Waals surface area contributed by atoms with Gasteiger partial charge in [0.1, 0.15) is 18.0 Å². The minimum absolute atomic E-state index is 0.000105. The van der Waals surface area contributed by atoms with E-state index in [4.69, 9.17) is 0 Å². The van der Waals surface area contributed by atoms with Gasteiger partial charge in [-0.15, -0.1) is 0 Å². The highest BCUT2D eigenvalue weighted by molar-refractivity contribution is 5.58. The van der Waals surface area contributed by atoms with Gasteiger partial charge in [0.05, 0.1) is 0 Å². The third-order valence-electron chi connectivity index (χ3n) is 3.11. The number of hydrogen-bond acceptors (Lipinski definition) is 4. The minimum atomic E-state index is 0.000105. The Balaban J connectivity index is 3.02. The van der Waals surface area contributed by atoms with Crippen molar-refractivity contribution >= 4 is 11.6 Å². The second-order valence-electron chi connectivity index (χ2n) is 7.30. The molecule has 0 unspecified atom stereocenters. The molecule has 0 fully saturated rings. The second kappa shape index (κ2) is 6.42. The van der Waals surface area contributed by atoms with Gasteiger partial charge in [-0.3, -0.25) is 0 Å². The number of nitrogens with zero attached hydrogens (tertiary/aromatic N) is 2. The van der Waals surface area contributed by atoms with Crippen LogP contribution in [0.4, 0.5) is 11.6 Å². The van der Waals surface area contributed by atoms with Crippen LogP contribution in [0.5, 0.6) is 0 Å². The molecule has 0 atom stereocenters. The lowest BCUT2D eigenvalue weighted by atomic mass is 9.81. The summed E-state index contributed by atoms with van der Waals surface area (Å²) in [6, 6.07) is 0. The molecule has 0 aliphatic carbocycles. The molecule has 20 heavy (non-hydrogen) atoms. The summed E-state index contributed by atoms with van der Waals surface area (Å²) >= 11 is 0. The van der Waals surface area contributed by atoms with Crippen LogP contribution >= 0.6 is 0 Å². The summed E-state index contributed by atoms with van der Waals surface area (Å²) in [7, 11) is 1.91. The van der Waals surface area contributed by atoms with Crippen molar-refractivity contribution in [1.29, 1.82) is 0 Å². The molecule has 0 saturated heterocycles. The van der Waals surface area contributed by atoms with E-state index in [1.165, 1.54) is 5.56 Å². The molecule has 1 aromatic heterocycles. The molecule has 0 aromatic carbocycles. The van der Waals surface area contributed by atoms with E-state index in [1.54, 1.807) is 6.33 Å². The number of hydrogen-bond donors (Lipinski definition) is 2. The highest BCUT2D eigenvalue weighted by Crippen LogP contribution is 2.31. The summed E-state index contributed by atoms with van der Waals surface area (Å²) in [5.41, 5.74) is 1.46. The Labute approximate surface area is 123 Å². The van der Waals surface area contributed by atoms with Crippen LogP contribution < -0.4 is 10.6 Å². The molecule has 0 aliphatic rings. The average Bonchev–Trinajstić information content (AvgIpc) is 2.27. The van der Waals surface area contributed by atoms with E-state index < -0.39 is 0 Å². The minimum Gasteiger partial charge on any atom is -0.373 e. The Morgan fingerprint density at radius 2 is 1.65 bits per heavy atom. The fourth-order valence-corrected chi connectivity index (χ4v) is 2.91. The summed E-state index contributed by atoms with van der Waals surface area (Å²) in [4.78, 5) is 8.78. The summed E-state index contributed by atoms with van der Waals surface area (Å²) in [6.45, 7) is 13.4. The van der Waals surface area contributed by atoms with Crippen LogP contribution in [0.25, 0.3) is 0 Å². The molecule has 4 nitrogen and oxygen atoms in total. The molecule has 0 spiro atoms. The van der Waals surface area contributed by atoms with Crippen molar-refractivity contribution in [3.63, 3.8) is 0 Å². The van der Waals surface area contributed by atoms with Gasteiger partial charge in [0.15, 0.2) is 0 Å². The molecule has 0 aliphatic heterocycles. The summed E-state index contributed by atoms with van der Waals surface area (Å²) < 4.78 is 0. The first-order valence-electron chi connectivity index (χ1n) is 7.48. The predicted octanol–water partition coefficient (Wildman–Crippen LogP) is 4.10. The topological polar surface area (TPSA) is 49.8 Å². The van der Waals surface area contributed by atoms with E-state index in [0.29, 0.717) is 0 Å². The first-order chi connectivity index (χ1) is 9.18. The molecule has 1 heterocycles. The van der Waals surface area contributed by atoms with Crippen molar-refractivity contribution in [1.82, 2.24) is 9.97 Å². The van der Waals surface area contributed by atoms with E-state index in [2.05, 4.69) is 62.1 Å². The van der Waals surface area contributed by atoms with Crippen molar-refractivity contribution in [2.45, 2.75) is 66.3 Å². The second-order valence-corrected chi connectivity index (χ2v) is 7.30. The van der Waals surface area contributed by atoms with Crippen LogP contribution in [0.15, 0.2) is 6.33 Å². The van der Waals surface area contributed by atoms with Gasteiger partial charge in [0, 0.05) is 18.2 Å². The highest BCUT2D eigenvalue weighted by atomic mass is 15.1. The lowest BCUT2D eigenvalue weighted by molar-refractivity contribution is 0.302. The maximum Gasteiger partial charge on any atom is 0.135 e. The van der Waals surface area contributed by atoms with Gasteiger partial charge in [-0.2, -0.15) is 0 Å². The molecule has 1 rings (SSSR count). The smallest absolute Gasteiger partial charge is 0.135 e. The van der Waals surface area contributed by atoms with E-state index in [1.807, 2.05) is 7.05 Å². The Morgan fingerprint density at radius 1 is 1.05 bits per heavy atom. The number of anilines is 2. The average molecular weight is 278 g/mol. The van der Waals surface area contributed by atoms with Crippen molar-refractivity contribution in [2.24, 2.45) is 5.41 Å². The predicted molar refractivity (Wildman–Crippen MR) is 87.3 cm³/mol. The molecule has 114 valence electrons. The van der Waals surface area contributed by atoms with Gasteiger partial charge in [-0.1, -0.05) is 34.1 Å². The molecule has 1 aromatic rings. The zero-order chi connectivity index (χ0) is 15.4. The van der Waals surface area contributed by atoms with Crippen molar-refractivity contribution in [3.05, 3.63) is 11.9 Å². The third-order valence-corrected chi connectivity index (χ3v) is 3.11. The van der Waals surface area contributed by atoms with Crippen molar-refractivity contribution in [3.8, 4) is 0 Å². The molecule has 0 bridgehead atoms. The molecule has 0 amide bonds. The van der Waals surface area contributed by atoms with E-state index in [-0.39, 0.29) is 11.0 Å². The van der Waals surface area contributed by atoms with Crippen LogP contribution in [-0.2, 0) is 6.42 Å². The Morgan fingerprint density at radius 3 is 2.15 bits per heavy atom. The first-order valence-corrected chi connectivity index (χ1v) is 7.48. The quantitative estimate of drug-likeness (QED) is 0.822. The lowest BCUT2D eigenvalue weighted by Crippen LogP contribution is -2.36. The van der Waals surface area contributed by atoms with Crippen molar-refractivity contribution < 1.29 is 0 Å². The van der Waals surface area contributed by atoms with Crippen LogP contribution in [0.1, 0.15) is 59.9 Å². The SMILES string of the molecule is CCCc1c(NC)ncnc1NC(C)(C)CC(C)(C)C. The van der Waals surface area contributed by atoms with Crippen molar-refractivity contribution in [2.75, 3.05) is 17.7 Å². The van der Waals surface area contributed by atoms with Gasteiger partial charge in [-0.25, -0.2) is 9.97 Å². The zero-order valence-corrected chi connectivity index (χ0v) is 14.1. The largest absolute Gasteiger partial charge is 0.373 e. The summed E-state index contributed by atoms with van der Waals surface area (Å²) in [6.07, 6.45) is 4.76. The number of rotatable bonds is 6. The first kappa shape index (κ1) is 16.7. The molecular formula is C16H30N4. The maximum atomic E-state index is 4.46. The third kappa shape index (κ3) is 4.99. The molecule has 2 N–H and O–H groups in total. The fraction of sp³-hybridized carbons (Fsp3) is 0.750. The fourth-order valence-electron chi connectivity index (χ4n) is 2.91. The van der Waals surface area contributed by atoms with E-state index >= 15 is 0 Å².